The Labute approximate surface area is 315 Å². The molecule has 5 aromatic rings. The molecule has 2 amide bonds. The summed E-state index contributed by atoms with van der Waals surface area (Å²) in [7, 11) is -3.49. The Kier molecular flexibility index (Phi) is 13.2. The van der Waals surface area contributed by atoms with Crippen LogP contribution >= 0.6 is 0 Å². The van der Waals surface area contributed by atoms with Crippen molar-refractivity contribution in [2.75, 3.05) is 34.3 Å². The van der Waals surface area contributed by atoms with E-state index >= 15 is 0 Å². The van der Waals surface area contributed by atoms with E-state index in [0.29, 0.717) is 66.8 Å². The SMILES string of the molecule is CCNC(=O)CC(=O)Nc1ccc(Oc2ccc(CN(Cc3ccc(C#N)cc3)c3cccc(NS(C)(=O)=O)c3C)cc2)cc1OCCc1cccnc1. The lowest BCUT2D eigenvalue weighted by Gasteiger charge is -2.28. The third-order valence-electron chi connectivity index (χ3n) is 8.22. The Bertz CT molecular complexity index is 2210. The molecule has 3 N–H and O–H groups in total. The Hall–Kier alpha value is -6.39. The average molecular weight is 747 g/mol. The molecule has 1 heterocycles. The normalized spacial score (nSPS) is 10.9. The molecular weight excluding hydrogens is 705 g/mol. The van der Waals surface area contributed by atoms with Gasteiger partial charge in [-0.05, 0) is 90.7 Å². The first kappa shape index (κ1) is 38.8. The maximum atomic E-state index is 12.6. The van der Waals surface area contributed by atoms with Gasteiger partial charge in [-0.2, -0.15) is 5.26 Å². The van der Waals surface area contributed by atoms with E-state index in [1.54, 1.807) is 55.7 Å². The van der Waals surface area contributed by atoms with Crippen molar-refractivity contribution in [1.29, 1.82) is 5.26 Å². The van der Waals surface area contributed by atoms with Gasteiger partial charge in [-0.25, -0.2) is 8.42 Å². The van der Waals surface area contributed by atoms with E-state index in [9.17, 15) is 23.3 Å². The molecule has 5 rings (SSSR count). The van der Waals surface area contributed by atoms with Crippen LogP contribution in [-0.2, 0) is 39.1 Å². The summed E-state index contributed by atoms with van der Waals surface area (Å²) in [6, 6.07) is 31.5. The van der Waals surface area contributed by atoms with Crippen LogP contribution in [0.3, 0.4) is 0 Å². The molecule has 0 fully saturated rings. The largest absolute Gasteiger partial charge is 0.491 e. The first-order valence-electron chi connectivity index (χ1n) is 17.3. The van der Waals surface area contributed by atoms with Gasteiger partial charge in [0, 0.05) is 50.2 Å². The number of carbonyl (C=O) groups is 2. The number of ether oxygens (including phenoxy) is 2. The fourth-order valence-corrected chi connectivity index (χ4v) is 6.26. The number of amides is 2. The minimum absolute atomic E-state index is 0.314. The summed E-state index contributed by atoms with van der Waals surface area (Å²) in [4.78, 5) is 30.9. The number of sulfonamides is 1. The third-order valence-corrected chi connectivity index (χ3v) is 8.81. The van der Waals surface area contributed by atoms with Gasteiger partial charge in [-0.1, -0.05) is 36.4 Å². The highest BCUT2D eigenvalue weighted by atomic mass is 32.2. The van der Waals surface area contributed by atoms with Gasteiger partial charge in [-0.3, -0.25) is 19.3 Å². The van der Waals surface area contributed by atoms with Crippen molar-refractivity contribution in [1.82, 2.24) is 10.3 Å². The molecule has 0 spiro atoms. The number of rotatable bonds is 17. The van der Waals surface area contributed by atoms with Gasteiger partial charge in [0.15, 0.2) is 0 Å². The predicted molar refractivity (Wildman–Crippen MR) is 209 cm³/mol. The summed E-state index contributed by atoms with van der Waals surface area (Å²) < 4.78 is 39.1. The van der Waals surface area contributed by atoms with E-state index in [1.165, 1.54) is 0 Å². The standard InChI is InChI=1S/C41H42N6O6S/c1-4-44-40(48)24-41(49)45-37-19-18-35(23-39(37)52-22-20-31-7-6-21-43-26-31)53-34-16-14-33(15-17-34)28-47(27-32-12-10-30(25-42)11-13-32)38-9-5-8-36(29(38)2)46-54(3,50)51/h5-19,21,23,26,46H,4,20,22,24,27-28H2,1-3H3,(H,44,48)(H,45,49). The van der Waals surface area contributed by atoms with Gasteiger partial charge >= 0.3 is 0 Å². The molecule has 0 aliphatic rings. The van der Waals surface area contributed by atoms with Crippen molar-refractivity contribution in [2.45, 2.75) is 39.8 Å². The molecule has 278 valence electrons. The summed E-state index contributed by atoms with van der Waals surface area (Å²) in [5.74, 6) is 0.599. The fourth-order valence-electron chi connectivity index (χ4n) is 5.64. The second kappa shape index (κ2) is 18.4. The number of benzene rings is 4. The third kappa shape index (κ3) is 11.6. The molecule has 0 saturated heterocycles. The topological polar surface area (TPSA) is 163 Å². The number of hydrogen-bond donors (Lipinski definition) is 3. The summed E-state index contributed by atoms with van der Waals surface area (Å²) in [6.45, 7) is 5.40. The molecule has 1 aromatic heterocycles. The zero-order valence-corrected chi connectivity index (χ0v) is 31.2. The molecule has 0 unspecified atom stereocenters. The number of nitrogens with zero attached hydrogens (tertiary/aromatic N) is 3. The Morgan fingerprint density at radius 1 is 0.852 bits per heavy atom. The zero-order valence-electron chi connectivity index (χ0n) is 30.3. The lowest BCUT2D eigenvalue weighted by Crippen LogP contribution is -2.27. The lowest BCUT2D eigenvalue weighted by molar-refractivity contribution is -0.126. The average Bonchev–Trinajstić information content (AvgIpc) is 3.14. The molecule has 12 nitrogen and oxygen atoms in total. The molecule has 0 saturated carbocycles. The highest BCUT2D eigenvalue weighted by molar-refractivity contribution is 7.92. The van der Waals surface area contributed by atoms with Gasteiger partial charge in [-0.15, -0.1) is 0 Å². The quantitative estimate of drug-likeness (QED) is 0.0878. The van der Waals surface area contributed by atoms with E-state index in [4.69, 9.17) is 9.47 Å². The Morgan fingerprint density at radius 3 is 2.20 bits per heavy atom. The second-order valence-electron chi connectivity index (χ2n) is 12.5. The van der Waals surface area contributed by atoms with Gasteiger partial charge in [0.2, 0.25) is 21.8 Å². The van der Waals surface area contributed by atoms with Crippen molar-refractivity contribution in [3.63, 3.8) is 0 Å². The van der Waals surface area contributed by atoms with Crippen molar-refractivity contribution in [3.05, 3.63) is 137 Å². The van der Waals surface area contributed by atoms with Gasteiger partial charge in [0.25, 0.3) is 0 Å². The maximum absolute atomic E-state index is 12.6. The molecule has 13 heteroatoms. The van der Waals surface area contributed by atoms with E-state index in [0.717, 1.165) is 34.2 Å². The smallest absolute Gasteiger partial charge is 0.233 e. The van der Waals surface area contributed by atoms with Gasteiger partial charge in [0.1, 0.15) is 23.7 Å². The lowest BCUT2D eigenvalue weighted by atomic mass is 10.1. The van der Waals surface area contributed by atoms with Crippen LogP contribution in [0.2, 0.25) is 0 Å². The maximum Gasteiger partial charge on any atom is 0.233 e. The second-order valence-corrected chi connectivity index (χ2v) is 14.3. The molecule has 4 aromatic carbocycles. The van der Waals surface area contributed by atoms with Crippen LogP contribution in [0.5, 0.6) is 17.2 Å². The van der Waals surface area contributed by atoms with E-state index in [2.05, 4.69) is 31.3 Å². The van der Waals surface area contributed by atoms with Crippen LogP contribution in [0, 0.1) is 18.3 Å². The summed E-state index contributed by atoms with van der Waals surface area (Å²) in [5, 5.41) is 14.7. The van der Waals surface area contributed by atoms with E-state index < -0.39 is 15.9 Å². The molecule has 0 radical (unpaired) electrons. The number of anilines is 3. The molecular formula is C41H42N6O6S. The van der Waals surface area contributed by atoms with Gasteiger partial charge in [0.05, 0.1) is 35.9 Å². The van der Waals surface area contributed by atoms with Crippen molar-refractivity contribution in [2.24, 2.45) is 0 Å². The van der Waals surface area contributed by atoms with E-state index in [1.807, 2.05) is 67.6 Å². The minimum atomic E-state index is -3.49. The van der Waals surface area contributed by atoms with Crippen LogP contribution in [0.15, 0.2) is 109 Å². The van der Waals surface area contributed by atoms with Crippen LogP contribution < -0.4 is 29.7 Å². The highest BCUT2D eigenvalue weighted by Gasteiger charge is 2.17. The number of hydrogen-bond acceptors (Lipinski definition) is 9. The van der Waals surface area contributed by atoms with Crippen LogP contribution in [0.1, 0.15) is 41.2 Å². The van der Waals surface area contributed by atoms with E-state index in [-0.39, 0.29) is 12.3 Å². The van der Waals surface area contributed by atoms with Crippen molar-refractivity contribution < 1.29 is 27.5 Å². The molecule has 0 aliphatic heterocycles. The first-order chi connectivity index (χ1) is 26.0. The molecule has 0 aliphatic carbocycles. The van der Waals surface area contributed by atoms with Crippen LogP contribution in [0.4, 0.5) is 17.1 Å². The van der Waals surface area contributed by atoms with Crippen LogP contribution in [-0.4, -0.2) is 44.6 Å². The Balaban J connectivity index is 1.34. The number of pyridine rings is 1. The number of nitriles is 1. The molecule has 0 bridgehead atoms. The predicted octanol–water partition coefficient (Wildman–Crippen LogP) is 6.72. The zero-order chi connectivity index (χ0) is 38.5. The van der Waals surface area contributed by atoms with Crippen molar-refractivity contribution in [3.8, 4) is 23.3 Å². The van der Waals surface area contributed by atoms with Crippen molar-refractivity contribution >= 4 is 38.9 Å². The molecule has 0 atom stereocenters. The fraction of sp³-hybridized carbons (Fsp3) is 0.220. The number of aromatic nitrogens is 1. The number of nitrogens with one attached hydrogen (secondary N) is 3. The summed E-state index contributed by atoms with van der Waals surface area (Å²) in [6.07, 6.45) is 4.86. The first-order valence-corrected chi connectivity index (χ1v) is 19.2. The number of carbonyl (C=O) groups excluding carboxylic acids is 2. The van der Waals surface area contributed by atoms with Gasteiger partial charge < -0.3 is 25.0 Å². The summed E-state index contributed by atoms with van der Waals surface area (Å²) >= 11 is 0. The summed E-state index contributed by atoms with van der Waals surface area (Å²) in [5.41, 5.74) is 6.05. The molecule has 54 heavy (non-hydrogen) atoms. The highest BCUT2D eigenvalue weighted by Crippen LogP contribution is 2.34. The monoisotopic (exact) mass is 746 g/mol. The van der Waals surface area contributed by atoms with Crippen LogP contribution in [0.25, 0.3) is 0 Å². The minimum Gasteiger partial charge on any atom is -0.491 e. The Morgan fingerprint density at radius 2 is 1.56 bits per heavy atom.